The first-order valence-corrected chi connectivity index (χ1v) is 9.82. The summed E-state index contributed by atoms with van der Waals surface area (Å²) in [5.74, 6) is -0.352. The van der Waals surface area contributed by atoms with Crippen LogP contribution in [0.3, 0.4) is 0 Å². The Morgan fingerprint density at radius 1 is 1.35 bits per heavy atom. The van der Waals surface area contributed by atoms with Crippen molar-refractivity contribution >= 4 is 33.4 Å². The summed E-state index contributed by atoms with van der Waals surface area (Å²) in [6, 6.07) is 7.61. The minimum atomic E-state index is -0.304. The van der Waals surface area contributed by atoms with Gasteiger partial charge in [0.25, 0.3) is 0 Å². The molecule has 2 saturated heterocycles. The van der Waals surface area contributed by atoms with Crippen LogP contribution in [0.2, 0.25) is 0 Å². The highest BCUT2D eigenvalue weighted by Crippen LogP contribution is 2.27. The van der Waals surface area contributed by atoms with Gasteiger partial charge in [0, 0.05) is 48.3 Å². The molecule has 1 unspecified atom stereocenters. The molecule has 3 rings (SSSR count). The molecule has 1 N–H and O–H groups in total. The molecule has 26 heavy (non-hydrogen) atoms. The lowest BCUT2D eigenvalue weighted by molar-refractivity contribution is -0.127. The molecule has 0 radical (unpaired) electrons. The number of ether oxygens (including phenoxy) is 1. The van der Waals surface area contributed by atoms with Gasteiger partial charge in [0.1, 0.15) is 0 Å². The molecule has 0 bridgehead atoms. The number of anilines is 1. The molecule has 1 aromatic rings. The van der Waals surface area contributed by atoms with Crippen LogP contribution in [0, 0.1) is 5.92 Å². The first kappa shape index (κ1) is 19.3. The van der Waals surface area contributed by atoms with Gasteiger partial charge in [-0.25, -0.2) is 0 Å². The molecule has 0 aliphatic carbocycles. The SMILES string of the molecule is CC(C)(CNC(=O)C1CC(=O)N(c2cccc(Br)c2)C1)N1CCOCC1. The van der Waals surface area contributed by atoms with Crippen molar-refractivity contribution in [2.75, 3.05) is 44.3 Å². The van der Waals surface area contributed by atoms with Crippen LogP contribution in [0.15, 0.2) is 28.7 Å². The summed E-state index contributed by atoms with van der Waals surface area (Å²) in [4.78, 5) is 29.0. The lowest BCUT2D eigenvalue weighted by Crippen LogP contribution is -2.55. The fourth-order valence-electron chi connectivity index (χ4n) is 3.51. The lowest BCUT2D eigenvalue weighted by Gasteiger charge is -2.41. The van der Waals surface area contributed by atoms with Crippen molar-refractivity contribution in [3.63, 3.8) is 0 Å². The van der Waals surface area contributed by atoms with E-state index in [4.69, 9.17) is 4.74 Å². The Bertz CT molecular complexity index is 674. The highest BCUT2D eigenvalue weighted by molar-refractivity contribution is 9.10. The summed E-state index contributed by atoms with van der Waals surface area (Å²) in [6.07, 6.45) is 0.260. The van der Waals surface area contributed by atoms with Crippen LogP contribution < -0.4 is 10.2 Å². The van der Waals surface area contributed by atoms with Crippen molar-refractivity contribution in [1.82, 2.24) is 10.2 Å². The second-order valence-electron chi connectivity index (χ2n) is 7.51. The number of hydrogen-bond acceptors (Lipinski definition) is 4. The van der Waals surface area contributed by atoms with Gasteiger partial charge in [-0.3, -0.25) is 14.5 Å². The molecule has 2 aliphatic rings. The quantitative estimate of drug-likeness (QED) is 0.786. The number of morpholine rings is 1. The molecule has 2 aliphatic heterocycles. The minimum absolute atomic E-state index is 0.00399. The van der Waals surface area contributed by atoms with Crippen LogP contribution in [-0.4, -0.2) is 61.6 Å². The first-order chi connectivity index (χ1) is 12.4. The zero-order valence-corrected chi connectivity index (χ0v) is 16.9. The number of nitrogens with one attached hydrogen (secondary N) is 1. The van der Waals surface area contributed by atoms with Crippen LogP contribution in [-0.2, 0) is 14.3 Å². The average Bonchev–Trinajstić information content (AvgIpc) is 3.02. The van der Waals surface area contributed by atoms with Gasteiger partial charge >= 0.3 is 0 Å². The van der Waals surface area contributed by atoms with E-state index in [-0.39, 0.29) is 29.7 Å². The van der Waals surface area contributed by atoms with Crippen LogP contribution in [0.25, 0.3) is 0 Å². The number of carbonyl (C=O) groups excluding carboxylic acids is 2. The molecule has 0 spiro atoms. The van der Waals surface area contributed by atoms with E-state index in [1.807, 2.05) is 24.3 Å². The van der Waals surface area contributed by atoms with E-state index in [0.29, 0.717) is 13.1 Å². The monoisotopic (exact) mass is 423 g/mol. The van der Waals surface area contributed by atoms with Crippen LogP contribution in [0.1, 0.15) is 20.3 Å². The van der Waals surface area contributed by atoms with Crippen molar-refractivity contribution in [2.24, 2.45) is 5.92 Å². The maximum absolute atomic E-state index is 12.6. The molecule has 1 aromatic carbocycles. The van der Waals surface area contributed by atoms with Gasteiger partial charge in [-0.1, -0.05) is 22.0 Å². The average molecular weight is 424 g/mol. The summed E-state index contributed by atoms with van der Waals surface area (Å²) < 4.78 is 6.32. The predicted molar refractivity (Wildman–Crippen MR) is 104 cm³/mol. The molecular weight excluding hydrogens is 398 g/mol. The van der Waals surface area contributed by atoms with Gasteiger partial charge in [-0.05, 0) is 32.0 Å². The Morgan fingerprint density at radius 3 is 2.77 bits per heavy atom. The Labute approximate surface area is 163 Å². The van der Waals surface area contributed by atoms with Gasteiger partial charge in [-0.15, -0.1) is 0 Å². The largest absolute Gasteiger partial charge is 0.379 e. The van der Waals surface area contributed by atoms with Crippen molar-refractivity contribution < 1.29 is 14.3 Å². The summed E-state index contributed by atoms with van der Waals surface area (Å²) in [5.41, 5.74) is 0.694. The van der Waals surface area contributed by atoms with E-state index in [9.17, 15) is 9.59 Å². The number of rotatable bonds is 5. The van der Waals surface area contributed by atoms with Crippen LogP contribution in [0.4, 0.5) is 5.69 Å². The van der Waals surface area contributed by atoms with E-state index >= 15 is 0 Å². The minimum Gasteiger partial charge on any atom is -0.379 e. The maximum atomic E-state index is 12.6. The summed E-state index contributed by atoms with van der Waals surface area (Å²) >= 11 is 3.43. The number of halogens is 1. The van der Waals surface area contributed by atoms with Gasteiger partial charge < -0.3 is 15.0 Å². The second-order valence-corrected chi connectivity index (χ2v) is 8.43. The smallest absolute Gasteiger partial charge is 0.227 e. The van der Waals surface area contributed by atoms with Gasteiger partial charge in [0.2, 0.25) is 11.8 Å². The van der Waals surface area contributed by atoms with Crippen molar-refractivity contribution in [1.29, 1.82) is 0 Å². The summed E-state index contributed by atoms with van der Waals surface area (Å²) in [7, 11) is 0. The van der Waals surface area contributed by atoms with Gasteiger partial charge in [0.05, 0.1) is 19.1 Å². The number of nitrogens with zero attached hydrogens (tertiary/aromatic N) is 2. The first-order valence-electron chi connectivity index (χ1n) is 9.03. The Kier molecular flexibility index (Phi) is 5.99. The molecule has 0 saturated carbocycles. The van der Waals surface area contributed by atoms with Crippen molar-refractivity contribution in [3.8, 4) is 0 Å². The third-order valence-electron chi connectivity index (χ3n) is 5.18. The lowest BCUT2D eigenvalue weighted by atomic mass is 10.0. The zero-order chi connectivity index (χ0) is 18.7. The number of carbonyl (C=O) groups is 2. The molecule has 6 nitrogen and oxygen atoms in total. The zero-order valence-electron chi connectivity index (χ0n) is 15.3. The van der Waals surface area contributed by atoms with E-state index in [2.05, 4.69) is 40.0 Å². The Balaban J connectivity index is 1.56. The highest BCUT2D eigenvalue weighted by Gasteiger charge is 2.36. The molecule has 2 heterocycles. The third-order valence-corrected chi connectivity index (χ3v) is 5.67. The Hall–Kier alpha value is -1.44. The summed E-state index contributed by atoms with van der Waals surface area (Å²) in [5, 5.41) is 3.06. The summed E-state index contributed by atoms with van der Waals surface area (Å²) in [6.45, 7) is 8.47. The Morgan fingerprint density at radius 2 is 2.08 bits per heavy atom. The van der Waals surface area contributed by atoms with Crippen LogP contribution >= 0.6 is 15.9 Å². The number of benzene rings is 1. The normalized spacial score (nSPS) is 21.9. The second kappa shape index (κ2) is 8.06. The number of amides is 2. The van der Waals surface area contributed by atoms with Gasteiger partial charge in [0.15, 0.2) is 0 Å². The van der Waals surface area contributed by atoms with E-state index < -0.39 is 0 Å². The molecule has 2 fully saturated rings. The van der Waals surface area contributed by atoms with E-state index in [0.717, 1.165) is 36.5 Å². The topological polar surface area (TPSA) is 61.9 Å². The molecule has 142 valence electrons. The molecule has 1 atom stereocenters. The van der Waals surface area contributed by atoms with Gasteiger partial charge in [-0.2, -0.15) is 0 Å². The third kappa shape index (κ3) is 4.45. The molecule has 2 amide bonds. The predicted octanol–water partition coefficient (Wildman–Crippen LogP) is 2.03. The molecule has 0 aromatic heterocycles. The van der Waals surface area contributed by atoms with Crippen molar-refractivity contribution in [3.05, 3.63) is 28.7 Å². The van der Waals surface area contributed by atoms with Crippen LogP contribution in [0.5, 0.6) is 0 Å². The molecular formula is C19H26BrN3O3. The molecule has 7 heteroatoms. The highest BCUT2D eigenvalue weighted by atomic mass is 79.9. The maximum Gasteiger partial charge on any atom is 0.227 e. The standard InChI is InChI=1S/C19H26BrN3O3/c1-19(2,22-6-8-26-9-7-22)13-21-18(25)14-10-17(24)23(12-14)16-5-3-4-15(20)11-16/h3-5,11,14H,6-10,12-13H2,1-2H3,(H,21,25). The van der Waals surface area contributed by atoms with E-state index in [1.165, 1.54) is 0 Å². The van der Waals surface area contributed by atoms with E-state index in [1.54, 1.807) is 4.90 Å². The van der Waals surface area contributed by atoms with Crippen molar-refractivity contribution in [2.45, 2.75) is 25.8 Å². The fraction of sp³-hybridized carbons (Fsp3) is 0.579. The number of hydrogen-bond donors (Lipinski definition) is 1. The fourth-order valence-corrected chi connectivity index (χ4v) is 3.89.